The smallest absolute Gasteiger partial charge is 0.457 e. The van der Waals surface area contributed by atoms with Crippen molar-refractivity contribution in [3.8, 4) is 0 Å². The summed E-state index contributed by atoms with van der Waals surface area (Å²) in [5.41, 5.74) is 0. The van der Waals surface area contributed by atoms with Crippen LogP contribution in [0, 0.1) is 0 Å². The van der Waals surface area contributed by atoms with Gasteiger partial charge in [0, 0.05) is 13.0 Å². The van der Waals surface area contributed by atoms with Crippen molar-refractivity contribution in [1.82, 2.24) is 0 Å². The van der Waals surface area contributed by atoms with Gasteiger partial charge in [0.15, 0.2) is 0 Å². The predicted octanol–water partition coefficient (Wildman–Crippen LogP) is 13.7. The van der Waals surface area contributed by atoms with Gasteiger partial charge in [-0.3, -0.25) is 13.8 Å². The Bertz CT molecular complexity index is 1160. The van der Waals surface area contributed by atoms with Crippen LogP contribution in [0.2, 0.25) is 0 Å². The monoisotopic (exact) mass is 865 g/mol. The van der Waals surface area contributed by atoms with Crippen molar-refractivity contribution in [2.24, 2.45) is 0 Å². The molecule has 0 radical (unpaired) electrons. The minimum Gasteiger partial charge on any atom is -0.457 e. The number of hydrogen-bond acceptors (Lipinski definition) is 8. The van der Waals surface area contributed by atoms with E-state index in [0.717, 1.165) is 57.8 Å². The van der Waals surface area contributed by atoms with Gasteiger partial charge in [-0.05, 0) is 77.0 Å². The number of allylic oxidation sites excluding steroid dienone is 12. The first-order valence-corrected chi connectivity index (χ1v) is 25.4. The topological polar surface area (TPSA) is 132 Å². The first-order valence-electron chi connectivity index (χ1n) is 23.9. The van der Waals surface area contributed by atoms with Crippen molar-refractivity contribution in [3.63, 3.8) is 0 Å². The maximum Gasteiger partial charge on any atom is 0.472 e. The number of phosphoric acid groups is 1. The number of esters is 1. The van der Waals surface area contributed by atoms with Gasteiger partial charge in [-0.2, -0.15) is 0 Å². The second-order valence-electron chi connectivity index (χ2n) is 15.7. The molecule has 0 rings (SSSR count). The normalized spacial score (nSPS) is 14.6. The molecule has 9 nitrogen and oxygen atoms in total. The Morgan fingerprint density at radius 3 is 1.45 bits per heavy atom. The first kappa shape index (κ1) is 57.9. The number of phosphoric ester groups is 1. The van der Waals surface area contributed by atoms with Gasteiger partial charge in [0.2, 0.25) is 0 Å². The minimum atomic E-state index is -4.54. The maximum absolute atomic E-state index is 12.6. The fraction of sp³-hybridized carbons (Fsp3) is 0.740. The van der Waals surface area contributed by atoms with Gasteiger partial charge in [-0.25, -0.2) is 4.57 Å². The molecule has 0 saturated heterocycles. The van der Waals surface area contributed by atoms with Gasteiger partial charge in [-0.1, -0.05) is 183 Å². The lowest BCUT2D eigenvalue weighted by Crippen LogP contribution is -2.29. The van der Waals surface area contributed by atoms with E-state index >= 15 is 0 Å². The number of carbonyl (C=O) groups is 1. The highest BCUT2D eigenvalue weighted by Gasteiger charge is 2.26. The Morgan fingerprint density at radius 1 is 0.533 bits per heavy atom. The molecule has 0 aromatic heterocycles. The van der Waals surface area contributed by atoms with E-state index < -0.39 is 45.8 Å². The quantitative estimate of drug-likeness (QED) is 0.0237. The molecule has 0 aromatic carbocycles. The van der Waals surface area contributed by atoms with Gasteiger partial charge in [0.1, 0.15) is 12.2 Å². The van der Waals surface area contributed by atoms with Crippen LogP contribution < -0.4 is 0 Å². The zero-order valence-corrected chi connectivity index (χ0v) is 39.1. The maximum atomic E-state index is 12.6. The highest BCUT2D eigenvalue weighted by Crippen LogP contribution is 2.43. The molecule has 0 aromatic rings. The Balaban J connectivity index is 4.18. The van der Waals surface area contributed by atoms with Crippen LogP contribution in [-0.2, 0) is 27.9 Å². The molecule has 3 N–H and O–H groups in total. The fourth-order valence-electron chi connectivity index (χ4n) is 6.27. The molecule has 0 bridgehead atoms. The summed E-state index contributed by atoms with van der Waals surface area (Å²) in [4.78, 5) is 22.6. The van der Waals surface area contributed by atoms with E-state index in [1.165, 1.54) is 109 Å². The second kappa shape index (κ2) is 46.4. The molecule has 0 spiro atoms. The van der Waals surface area contributed by atoms with Crippen LogP contribution in [-0.4, -0.2) is 66.3 Å². The Morgan fingerprint density at radius 2 is 0.950 bits per heavy atom. The zero-order valence-electron chi connectivity index (χ0n) is 38.2. The number of rotatable bonds is 45. The molecule has 10 heteroatoms. The van der Waals surface area contributed by atoms with Crippen LogP contribution in [0.1, 0.15) is 194 Å². The third kappa shape index (κ3) is 45.4. The summed E-state index contributed by atoms with van der Waals surface area (Å²) in [6.07, 6.45) is 55.9. The van der Waals surface area contributed by atoms with E-state index in [4.69, 9.17) is 23.6 Å². The molecular formula is C50H89O9P. The van der Waals surface area contributed by atoms with Crippen molar-refractivity contribution in [2.75, 3.05) is 33.0 Å². The molecule has 3 unspecified atom stereocenters. The van der Waals surface area contributed by atoms with Gasteiger partial charge in [0.05, 0.1) is 26.4 Å². The average Bonchev–Trinajstić information content (AvgIpc) is 3.24. The number of aliphatic hydroxyl groups is 2. The third-order valence-corrected chi connectivity index (χ3v) is 10.8. The number of carbonyl (C=O) groups excluding carboxylic acids is 1. The zero-order chi connectivity index (χ0) is 43.9. The first-order chi connectivity index (χ1) is 29.3. The van der Waals surface area contributed by atoms with E-state index in [9.17, 15) is 19.4 Å². The molecular weight excluding hydrogens is 776 g/mol. The molecule has 3 atom stereocenters. The van der Waals surface area contributed by atoms with Crippen LogP contribution >= 0.6 is 7.82 Å². The highest BCUT2D eigenvalue weighted by atomic mass is 31.2. The summed E-state index contributed by atoms with van der Waals surface area (Å²) in [7, 11) is -4.54. The number of ether oxygens (including phenoxy) is 2. The van der Waals surface area contributed by atoms with Crippen molar-refractivity contribution < 1.29 is 43.0 Å². The van der Waals surface area contributed by atoms with Crippen LogP contribution in [0.3, 0.4) is 0 Å². The number of aliphatic hydroxyl groups excluding tert-OH is 2. The highest BCUT2D eigenvalue weighted by molar-refractivity contribution is 7.47. The summed E-state index contributed by atoms with van der Waals surface area (Å²) in [6, 6.07) is 0. The summed E-state index contributed by atoms with van der Waals surface area (Å²) in [5, 5.41) is 18.4. The lowest BCUT2D eigenvalue weighted by molar-refractivity contribution is -0.154. The molecule has 0 aliphatic rings. The van der Waals surface area contributed by atoms with Crippen molar-refractivity contribution in [2.45, 2.75) is 206 Å². The van der Waals surface area contributed by atoms with Crippen LogP contribution in [0.4, 0.5) is 0 Å². The van der Waals surface area contributed by atoms with E-state index in [2.05, 4.69) is 86.8 Å². The van der Waals surface area contributed by atoms with Gasteiger partial charge >= 0.3 is 13.8 Å². The predicted molar refractivity (Wildman–Crippen MR) is 251 cm³/mol. The van der Waals surface area contributed by atoms with E-state index in [-0.39, 0.29) is 13.0 Å². The van der Waals surface area contributed by atoms with E-state index in [0.29, 0.717) is 13.0 Å². The Kier molecular flexibility index (Phi) is 44.8. The van der Waals surface area contributed by atoms with E-state index in [1.807, 2.05) is 0 Å². The lowest BCUT2D eigenvalue weighted by atomic mass is 10.1. The molecule has 0 aliphatic carbocycles. The van der Waals surface area contributed by atoms with Gasteiger partial charge in [0.25, 0.3) is 0 Å². The summed E-state index contributed by atoms with van der Waals surface area (Å²) >= 11 is 0. The number of hydrogen-bond donors (Lipinski definition) is 3. The van der Waals surface area contributed by atoms with Crippen LogP contribution in [0.25, 0.3) is 0 Å². The molecule has 0 aliphatic heterocycles. The largest absolute Gasteiger partial charge is 0.472 e. The van der Waals surface area contributed by atoms with Crippen molar-refractivity contribution in [1.29, 1.82) is 0 Å². The SMILES string of the molecule is CC/C=C\C/C=C\C/C=C\C/C=C\C/C=C\CCCC(=O)OC(COCCCCCCCCCCCC/C=C\CCCCCCCCCC)COP(=O)(O)OCC(O)CO. The standard InChI is InChI=1S/C50H89O9P/c1-3-5-7-9-11-13-15-17-19-21-22-23-24-25-27-29-31-33-35-37-39-41-43-56-46-49(47-58-60(54,55)57-45-48(52)44-51)59-50(53)42-40-38-36-34-32-30-28-26-20-18-16-14-12-10-8-6-4-2/h6,8,12,14,18,20-22,28,30,34,36,48-49,51-52H,3-5,7,9-11,13,15-17,19,23-27,29,31-33,35,37-47H2,1-2H3,(H,54,55)/b8-6-,14-12-,20-18-,22-21-,30-28-,36-34-. The third-order valence-electron chi connectivity index (χ3n) is 9.88. The minimum absolute atomic E-state index is 0.0226. The summed E-state index contributed by atoms with van der Waals surface area (Å²) < 4.78 is 33.4. The Hall–Kier alpha value is -2.10. The fourth-order valence-corrected chi connectivity index (χ4v) is 7.06. The molecule has 0 saturated carbocycles. The molecule has 60 heavy (non-hydrogen) atoms. The second-order valence-corrected chi connectivity index (χ2v) is 17.2. The van der Waals surface area contributed by atoms with Gasteiger partial charge in [-0.15, -0.1) is 0 Å². The van der Waals surface area contributed by atoms with Crippen molar-refractivity contribution >= 4 is 13.8 Å². The Labute approximate surface area is 367 Å². The molecule has 348 valence electrons. The molecule has 0 amide bonds. The molecule has 0 fully saturated rings. The van der Waals surface area contributed by atoms with Crippen LogP contribution in [0.15, 0.2) is 72.9 Å². The summed E-state index contributed by atoms with van der Waals surface area (Å²) in [5.74, 6) is -0.440. The number of unbranched alkanes of at least 4 members (excludes halogenated alkanes) is 19. The average molecular weight is 865 g/mol. The lowest BCUT2D eigenvalue weighted by Gasteiger charge is -2.20. The van der Waals surface area contributed by atoms with Gasteiger partial charge < -0.3 is 24.6 Å². The van der Waals surface area contributed by atoms with E-state index in [1.54, 1.807) is 0 Å². The summed E-state index contributed by atoms with van der Waals surface area (Å²) in [6.45, 7) is 3.33. The van der Waals surface area contributed by atoms with Crippen LogP contribution in [0.5, 0.6) is 0 Å². The molecule has 0 heterocycles. The van der Waals surface area contributed by atoms with Crippen molar-refractivity contribution in [3.05, 3.63) is 72.9 Å².